The summed E-state index contributed by atoms with van der Waals surface area (Å²) in [5, 5.41) is 0. The Labute approximate surface area is 160 Å². The van der Waals surface area contributed by atoms with E-state index in [9.17, 15) is 4.39 Å². The van der Waals surface area contributed by atoms with Gasteiger partial charge < -0.3 is 10.5 Å². The molecule has 138 valence electrons. The summed E-state index contributed by atoms with van der Waals surface area (Å²) >= 11 is 0. The minimum absolute atomic E-state index is 0.144. The standard InChI is InChI=1S/C21H16FN5O/c1-13-8-9-24-21(27-13)28-19-5-3-2-4-17(19)14-6-7-16(18(22)10-14)15-11-25-20(23)26-12-15/h2-12H,1H3,(H2,23,25,26). The van der Waals surface area contributed by atoms with E-state index < -0.39 is 5.82 Å². The fourth-order valence-corrected chi connectivity index (χ4v) is 2.76. The van der Waals surface area contributed by atoms with E-state index in [1.807, 2.05) is 31.2 Å². The van der Waals surface area contributed by atoms with Crippen molar-refractivity contribution in [2.24, 2.45) is 0 Å². The summed E-state index contributed by atoms with van der Waals surface area (Å²) in [6.07, 6.45) is 4.61. The number of aromatic nitrogens is 4. The van der Waals surface area contributed by atoms with Crippen LogP contribution in [0.2, 0.25) is 0 Å². The van der Waals surface area contributed by atoms with Gasteiger partial charge in [-0.25, -0.2) is 24.3 Å². The number of ether oxygens (including phenoxy) is 1. The molecule has 0 radical (unpaired) electrons. The van der Waals surface area contributed by atoms with Crippen molar-refractivity contribution in [1.29, 1.82) is 0 Å². The molecule has 4 aromatic rings. The minimum atomic E-state index is -0.396. The number of anilines is 1. The summed E-state index contributed by atoms with van der Waals surface area (Å²) in [4.78, 5) is 16.2. The number of hydrogen-bond donors (Lipinski definition) is 1. The molecule has 0 aliphatic heterocycles. The molecule has 0 atom stereocenters. The number of rotatable bonds is 4. The molecule has 28 heavy (non-hydrogen) atoms. The monoisotopic (exact) mass is 373 g/mol. The zero-order chi connectivity index (χ0) is 19.5. The van der Waals surface area contributed by atoms with Gasteiger partial charge in [0, 0.05) is 41.0 Å². The highest BCUT2D eigenvalue weighted by Crippen LogP contribution is 2.34. The average molecular weight is 373 g/mol. The Morgan fingerprint density at radius 2 is 1.68 bits per heavy atom. The zero-order valence-corrected chi connectivity index (χ0v) is 15.0. The molecule has 0 bridgehead atoms. The number of halogens is 1. The number of hydrogen-bond acceptors (Lipinski definition) is 6. The SMILES string of the molecule is Cc1ccnc(Oc2ccccc2-c2ccc(-c3cnc(N)nc3)c(F)c2)n1. The Balaban J connectivity index is 1.70. The number of aryl methyl sites for hydroxylation is 1. The third kappa shape index (κ3) is 3.64. The Bertz CT molecular complexity index is 1130. The lowest BCUT2D eigenvalue weighted by Crippen LogP contribution is -1.96. The number of nitrogens with zero attached hydrogens (tertiary/aromatic N) is 4. The number of nitrogens with two attached hydrogens (primary N) is 1. The zero-order valence-electron chi connectivity index (χ0n) is 15.0. The van der Waals surface area contributed by atoms with Gasteiger partial charge in [-0.2, -0.15) is 0 Å². The molecule has 2 N–H and O–H groups in total. The predicted molar refractivity (Wildman–Crippen MR) is 104 cm³/mol. The van der Waals surface area contributed by atoms with Crippen molar-refractivity contribution in [2.75, 3.05) is 5.73 Å². The Hall–Kier alpha value is -3.87. The van der Waals surface area contributed by atoms with E-state index >= 15 is 0 Å². The van der Waals surface area contributed by atoms with Crippen LogP contribution in [0.5, 0.6) is 11.8 Å². The van der Waals surface area contributed by atoms with Gasteiger partial charge >= 0.3 is 6.01 Å². The smallest absolute Gasteiger partial charge is 0.322 e. The molecule has 2 heterocycles. The highest BCUT2D eigenvalue weighted by atomic mass is 19.1. The van der Waals surface area contributed by atoms with E-state index in [-0.39, 0.29) is 12.0 Å². The van der Waals surface area contributed by atoms with Crippen LogP contribution in [0.4, 0.5) is 10.3 Å². The van der Waals surface area contributed by atoms with Crippen LogP contribution in [0.15, 0.2) is 67.1 Å². The van der Waals surface area contributed by atoms with Crippen molar-refractivity contribution in [3.05, 3.63) is 78.6 Å². The molecule has 2 aromatic carbocycles. The second-order valence-electron chi connectivity index (χ2n) is 6.10. The van der Waals surface area contributed by atoms with Crippen molar-refractivity contribution in [3.8, 4) is 34.0 Å². The maximum Gasteiger partial charge on any atom is 0.322 e. The summed E-state index contributed by atoms with van der Waals surface area (Å²) in [5.41, 5.74) is 8.63. The summed E-state index contributed by atoms with van der Waals surface area (Å²) in [7, 11) is 0. The lowest BCUT2D eigenvalue weighted by molar-refractivity contribution is 0.442. The van der Waals surface area contributed by atoms with Crippen molar-refractivity contribution in [1.82, 2.24) is 19.9 Å². The Morgan fingerprint density at radius 1 is 0.893 bits per heavy atom. The van der Waals surface area contributed by atoms with Crippen LogP contribution in [0.1, 0.15) is 5.69 Å². The Kier molecular flexibility index (Phi) is 4.63. The number of para-hydroxylation sites is 1. The molecule has 7 heteroatoms. The topological polar surface area (TPSA) is 86.8 Å². The van der Waals surface area contributed by atoms with Crippen molar-refractivity contribution >= 4 is 5.95 Å². The van der Waals surface area contributed by atoms with Crippen molar-refractivity contribution < 1.29 is 9.13 Å². The molecule has 0 aliphatic carbocycles. The second kappa shape index (κ2) is 7.40. The first kappa shape index (κ1) is 17.5. The number of benzene rings is 2. The third-order valence-corrected chi connectivity index (χ3v) is 4.12. The van der Waals surface area contributed by atoms with Crippen LogP contribution in [0.3, 0.4) is 0 Å². The van der Waals surface area contributed by atoms with Gasteiger partial charge in [0.15, 0.2) is 0 Å². The first-order chi connectivity index (χ1) is 13.6. The highest BCUT2D eigenvalue weighted by molar-refractivity contribution is 5.74. The molecule has 0 amide bonds. The molecule has 0 fully saturated rings. The molecule has 0 aliphatic rings. The van der Waals surface area contributed by atoms with Crippen LogP contribution < -0.4 is 10.5 Å². The van der Waals surface area contributed by atoms with E-state index in [0.717, 1.165) is 11.3 Å². The van der Waals surface area contributed by atoms with E-state index in [1.165, 1.54) is 18.5 Å². The van der Waals surface area contributed by atoms with Crippen molar-refractivity contribution in [2.45, 2.75) is 6.92 Å². The van der Waals surface area contributed by atoms with Gasteiger partial charge in [-0.05, 0) is 30.7 Å². The van der Waals surface area contributed by atoms with Gasteiger partial charge in [-0.1, -0.05) is 30.3 Å². The van der Waals surface area contributed by atoms with E-state index in [1.54, 1.807) is 24.4 Å². The highest BCUT2D eigenvalue weighted by Gasteiger charge is 2.12. The largest absolute Gasteiger partial charge is 0.424 e. The van der Waals surface area contributed by atoms with Crippen LogP contribution in [-0.4, -0.2) is 19.9 Å². The minimum Gasteiger partial charge on any atom is -0.424 e. The van der Waals surface area contributed by atoms with E-state index in [0.29, 0.717) is 22.4 Å². The molecule has 0 unspecified atom stereocenters. The molecule has 0 saturated carbocycles. The molecular formula is C21H16FN5O. The molecule has 6 nitrogen and oxygen atoms in total. The average Bonchev–Trinajstić information content (AvgIpc) is 2.69. The van der Waals surface area contributed by atoms with E-state index in [2.05, 4.69) is 19.9 Å². The van der Waals surface area contributed by atoms with Gasteiger partial charge in [0.2, 0.25) is 5.95 Å². The molecule has 4 rings (SSSR count). The van der Waals surface area contributed by atoms with Gasteiger partial charge in [-0.15, -0.1) is 0 Å². The van der Waals surface area contributed by atoms with Gasteiger partial charge in [0.25, 0.3) is 0 Å². The quantitative estimate of drug-likeness (QED) is 0.570. The number of nitrogen functional groups attached to an aromatic ring is 1. The lowest BCUT2D eigenvalue weighted by Gasteiger charge is -2.11. The second-order valence-corrected chi connectivity index (χ2v) is 6.10. The maximum atomic E-state index is 14.8. The fourth-order valence-electron chi connectivity index (χ4n) is 2.76. The first-order valence-corrected chi connectivity index (χ1v) is 8.54. The molecule has 0 saturated heterocycles. The lowest BCUT2D eigenvalue weighted by atomic mass is 10.0. The Morgan fingerprint density at radius 3 is 2.43 bits per heavy atom. The maximum absolute atomic E-state index is 14.8. The summed E-state index contributed by atoms with van der Waals surface area (Å²) in [5.74, 6) is 0.286. The predicted octanol–water partition coefficient (Wildman–Crippen LogP) is 4.42. The summed E-state index contributed by atoms with van der Waals surface area (Å²) in [6.45, 7) is 1.86. The van der Waals surface area contributed by atoms with E-state index in [4.69, 9.17) is 10.5 Å². The summed E-state index contributed by atoms with van der Waals surface area (Å²) < 4.78 is 20.6. The van der Waals surface area contributed by atoms with Crippen LogP contribution >= 0.6 is 0 Å². The summed E-state index contributed by atoms with van der Waals surface area (Å²) in [6, 6.07) is 14.3. The third-order valence-electron chi connectivity index (χ3n) is 4.12. The normalized spacial score (nSPS) is 10.6. The van der Waals surface area contributed by atoms with Gasteiger partial charge in [0.05, 0.1) is 0 Å². The van der Waals surface area contributed by atoms with Gasteiger partial charge in [0.1, 0.15) is 11.6 Å². The van der Waals surface area contributed by atoms with Crippen molar-refractivity contribution in [3.63, 3.8) is 0 Å². The van der Waals surface area contributed by atoms with Crippen LogP contribution in [-0.2, 0) is 0 Å². The van der Waals surface area contributed by atoms with Crippen LogP contribution in [0.25, 0.3) is 22.3 Å². The molecule has 2 aromatic heterocycles. The first-order valence-electron chi connectivity index (χ1n) is 8.54. The molecule has 0 spiro atoms. The van der Waals surface area contributed by atoms with Crippen LogP contribution in [0, 0.1) is 12.7 Å². The molecular weight excluding hydrogens is 357 g/mol. The fraction of sp³-hybridized carbons (Fsp3) is 0.0476. The van der Waals surface area contributed by atoms with Gasteiger partial charge in [-0.3, -0.25) is 0 Å².